The zero-order valence-corrected chi connectivity index (χ0v) is 10.3. The molecule has 0 aromatic heterocycles. The number of nitrogens with two attached hydrogens (primary N) is 1. The van der Waals surface area contributed by atoms with Gasteiger partial charge in [-0.25, -0.2) is 8.78 Å². The van der Waals surface area contributed by atoms with E-state index in [2.05, 4.69) is 5.32 Å². The van der Waals surface area contributed by atoms with Crippen LogP contribution < -0.4 is 11.1 Å². The van der Waals surface area contributed by atoms with Gasteiger partial charge in [0.15, 0.2) is 0 Å². The second-order valence-corrected chi connectivity index (χ2v) is 4.16. The van der Waals surface area contributed by atoms with Crippen molar-refractivity contribution < 1.29 is 13.9 Å². The second-order valence-electron chi connectivity index (χ2n) is 4.16. The Labute approximate surface area is 106 Å². The van der Waals surface area contributed by atoms with Crippen LogP contribution in [0.3, 0.4) is 0 Å². The molecule has 1 rings (SSSR count). The Kier molecular flexibility index (Phi) is 6.78. The summed E-state index contributed by atoms with van der Waals surface area (Å²) in [6, 6.07) is 3.28. The van der Waals surface area contributed by atoms with Crippen molar-refractivity contribution in [2.45, 2.75) is 25.3 Å². The number of halogens is 2. The van der Waals surface area contributed by atoms with E-state index < -0.39 is 17.7 Å². The van der Waals surface area contributed by atoms with Crippen LogP contribution in [0.4, 0.5) is 8.78 Å². The summed E-state index contributed by atoms with van der Waals surface area (Å²) in [5.41, 5.74) is 5.55. The fourth-order valence-corrected chi connectivity index (χ4v) is 1.84. The topological polar surface area (TPSA) is 58.3 Å². The lowest BCUT2D eigenvalue weighted by Crippen LogP contribution is -2.30. The molecule has 102 valence electrons. The van der Waals surface area contributed by atoms with Gasteiger partial charge >= 0.3 is 0 Å². The third kappa shape index (κ3) is 4.33. The van der Waals surface area contributed by atoms with E-state index in [1.54, 1.807) is 0 Å². The van der Waals surface area contributed by atoms with Crippen molar-refractivity contribution >= 4 is 0 Å². The van der Waals surface area contributed by atoms with Gasteiger partial charge in [-0.2, -0.15) is 0 Å². The summed E-state index contributed by atoms with van der Waals surface area (Å²) in [5.74, 6) is -1.15. The van der Waals surface area contributed by atoms with E-state index in [0.717, 1.165) is 19.3 Å². The number of benzene rings is 1. The lowest BCUT2D eigenvalue weighted by Gasteiger charge is -2.18. The first-order chi connectivity index (χ1) is 8.70. The molecule has 0 radical (unpaired) electrons. The zero-order chi connectivity index (χ0) is 13.4. The molecule has 18 heavy (non-hydrogen) atoms. The number of unbranched alkanes of at least 4 members (excludes halogenated alkanes) is 2. The van der Waals surface area contributed by atoms with E-state index in [4.69, 9.17) is 10.8 Å². The minimum Gasteiger partial charge on any atom is -0.396 e. The van der Waals surface area contributed by atoms with E-state index in [9.17, 15) is 8.78 Å². The molecule has 0 aliphatic rings. The first-order valence-corrected chi connectivity index (χ1v) is 6.19. The van der Waals surface area contributed by atoms with Crippen LogP contribution in [-0.4, -0.2) is 24.8 Å². The maximum atomic E-state index is 13.5. The van der Waals surface area contributed by atoms with Gasteiger partial charge in [-0.1, -0.05) is 6.07 Å². The largest absolute Gasteiger partial charge is 0.396 e. The number of hydrogen-bond donors (Lipinski definition) is 3. The molecule has 4 N–H and O–H groups in total. The summed E-state index contributed by atoms with van der Waals surface area (Å²) in [4.78, 5) is 0. The van der Waals surface area contributed by atoms with E-state index in [0.29, 0.717) is 6.54 Å². The van der Waals surface area contributed by atoms with Gasteiger partial charge in [-0.05, 0) is 37.9 Å². The molecule has 1 unspecified atom stereocenters. The lowest BCUT2D eigenvalue weighted by atomic mass is 10.1. The first-order valence-electron chi connectivity index (χ1n) is 6.19. The molecule has 1 aromatic rings. The molecule has 0 saturated heterocycles. The SMILES string of the molecule is NCC(NCCCCCO)c1c(F)cccc1F. The van der Waals surface area contributed by atoms with Gasteiger partial charge in [0.25, 0.3) is 0 Å². The highest BCUT2D eigenvalue weighted by Gasteiger charge is 2.17. The van der Waals surface area contributed by atoms with Crippen molar-refractivity contribution in [1.29, 1.82) is 0 Å². The molecule has 0 bridgehead atoms. The minimum atomic E-state index is -0.576. The van der Waals surface area contributed by atoms with Crippen LogP contribution >= 0.6 is 0 Å². The average molecular weight is 258 g/mol. The fourth-order valence-electron chi connectivity index (χ4n) is 1.84. The smallest absolute Gasteiger partial charge is 0.130 e. The van der Waals surface area contributed by atoms with Crippen molar-refractivity contribution in [3.8, 4) is 0 Å². The predicted molar refractivity (Wildman–Crippen MR) is 67.1 cm³/mol. The molecule has 0 fully saturated rings. The standard InChI is InChI=1S/C13H20F2N2O/c14-10-5-4-6-11(15)13(10)12(9-16)17-7-2-1-3-8-18/h4-6,12,17-18H,1-3,7-9,16H2. The van der Waals surface area contributed by atoms with Gasteiger partial charge < -0.3 is 16.2 Å². The van der Waals surface area contributed by atoms with Gasteiger partial charge in [-0.3, -0.25) is 0 Å². The summed E-state index contributed by atoms with van der Waals surface area (Å²) in [5, 5.41) is 11.7. The van der Waals surface area contributed by atoms with Crippen molar-refractivity contribution in [3.63, 3.8) is 0 Å². The van der Waals surface area contributed by atoms with Crippen LogP contribution in [0.1, 0.15) is 30.9 Å². The molecule has 1 atom stereocenters. The van der Waals surface area contributed by atoms with Crippen LogP contribution in [0.15, 0.2) is 18.2 Å². The molecular formula is C13H20F2N2O. The Hall–Kier alpha value is -1.04. The van der Waals surface area contributed by atoms with E-state index >= 15 is 0 Å². The second kappa shape index (κ2) is 8.13. The first kappa shape index (κ1) is 15.0. The van der Waals surface area contributed by atoms with Gasteiger partial charge in [0.2, 0.25) is 0 Å². The maximum absolute atomic E-state index is 13.5. The van der Waals surface area contributed by atoms with E-state index in [1.807, 2.05) is 0 Å². The Balaban J connectivity index is 2.55. The van der Waals surface area contributed by atoms with Crippen molar-refractivity contribution in [2.24, 2.45) is 5.73 Å². The van der Waals surface area contributed by atoms with Crippen molar-refractivity contribution in [1.82, 2.24) is 5.32 Å². The van der Waals surface area contributed by atoms with Crippen molar-refractivity contribution in [3.05, 3.63) is 35.4 Å². The average Bonchev–Trinajstić information content (AvgIpc) is 2.36. The number of nitrogens with one attached hydrogen (secondary N) is 1. The van der Waals surface area contributed by atoms with Gasteiger partial charge in [-0.15, -0.1) is 0 Å². The Morgan fingerprint density at radius 2 is 1.83 bits per heavy atom. The zero-order valence-electron chi connectivity index (χ0n) is 10.3. The third-order valence-electron chi connectivity index (χ3n) is 2.81. The Morgan fingerprint density at radius 1 is 1.17 bits per heavy atom. The summed E-state index contributed by atoms with van der Waals surface area (Å²) in [7, 11) is 0. The number of aliphatic hydroxyl groups excluding tert-OH is 1. The third-order valence-corrected chi connectivity index (χ3v) is 2.81. The maximum Gasteiger partial charge on any atom is 0.130 e. The normalized spacial score (nSPS) is 12.7. The Bertz CT molecular complexity index is 341. The van der Waals surface area contributed by atoms with Crippen LogP contribution in [-0.2, 0) is 0 Å². The Morgan fingerprint density at radius 3 is 2.39 bits per heavy atom. The molecule has 0 amide bonds. The highest BCUT2D eigenvalue weighted by molar-refractivity contribution is 5.23. The molecule has 0 heterocycles. The summed E-state index contributed by atoms with van der Waals surface area (Å²) < 4.78 is 27.1. The fraction of sp³-hybridized carbons (Fsp3) is 0.538. The van der Waals surface area contributed by atoms with Gasteiger partial charge in [0.05, 0.1) is 6.04 Å². The van der Waals surface area contributed by atoms with Crippen LogP contribution in [0, 0.1) is 11.6 Å². The highest BCUT2D eigenvalue weighted by Crippen LogP contribution is 2.19. The molecule has 0 aliphatic carbocycles. The van der Waals surface area contributed by atoms with Crippen LogP contribution in [0.5, 0.6) is 0 Å². The predicted octanol–water partition coefficient (Wildman–Crippen LogP) is 1.72. The van der Waals surface area contributed by atoms with E-state index in [-0.39, 0.29) is 18.7 Å². The highest BCUT2D eigenvalue weighted by atomic mass is 19.1. The minimum absolute atomic E-state index is 0.00200. The molecule has 5 heteroatoms. The van der Waals surface area contributed by atoms with E-state index in [1.165, 1.54) is 18.2 Å². The lowest BCUT2D eigenvalue weighted by molar-refractivity contribution is 0.282. The van der Waals surface area contributed by atoms with Gasteiger partial charge in [0, 0.05) is 18.7 Å². The van der Waals surface area contributed by atoms with Crippen molar-refractivity contribution in [2.75, 3.05) is 19.7 Å². The number of aliphatic hydroxyl groups is 1. The monoisotopic (exact) mass is 258 g/mol. The molecular weight excluding hydrogens is 238 g/mol. The molecule has 1 aromatic carbocycles. The summed E-state index contributed by atoms with van der Waals surface area (Å²) in [6.07, 6.45) is 2.46. The number of hydrogen-bond acceptors (Lipinski definition) is 3. The molecule has 0 saturated carbocycles. The molecule has 0 aliphatic heterocycles. The summed E-state index contributed by atoms with van der Waals surface area (Å²) >= 11 is 0. The molecule has 0 spiro atoms. The van der Waals surface area contributed by atoms with Crippen LogP contribution in [0.2, 0.25) is 0 Å². The van der Waals surface area contributed by atoms with Gasteiger partial charge in [0.1, 0.15) is 11.6 Å². The summed E-state index contributed by atoms with van der Waals surface area (Å²) in [6.45, 7) is 0.926. The quantitative estimate of drug-likeness (QED) is 0.622. The van der Waals surface area contributed by atoms with Crippen LogP contribution in [0.25, 0.3) is 0 Å². The number of rotatable bonds is 8. The molecule has 3 nitrogen and oxygen atoms in total.